The van der Waals surface area contributed by atoms with Gasteiger partial charge in [-0.1, -0.05) is 0 Å². The zero-order valence-electron chi connectivity index (χ0n) is 6.38. The van der Waals surface area contributed by atoms with E-state index in [1.54, 1.807) is 4.90 Å². The second kappa shape index (κ2) is 2.46. The van der Waals surface area contributed by atoms with Gasteiger partial charge in [0, 0.05) is 19.6 Å². The molecule has 2 fully saturated rings. The van der Waals surface area contributed by atoms with Crippen molar-refractivity contribution in [3.05, 3.63) is 0 Å². The van der Waals surface area contributed by atoms with Gasteiger partial charge >= 0.3 is 0 Å². The topological polar surface area (TPSA) is 41.6 Å². The molecule has 2 saturated heterocycles. The van der Waals surface area contributed by atoms with Gasteiger partial charge in [-0.15, -0.1) is 0 Å². The molecule has 0 unspecified atom stereocenters. The van der Waals surface area contributed by atoms with Crippen LogP contribution in [-0.2, 0) is 9.53 Å². The molecule has 0 aromatic carbocycles. The van der Waals surface area contributed by atoms with E-state index in [0.29, 0.717) is 0 Å². The minimum Gasteiger partial charge on any atom is -0.378 e. The first-order valence-electron chi connectivity index (χ1n) is 3.87. The highest BCUT2D eigenvalue weighted by Crippen LogP contribution is 2.21. The molecule has 1 N–H and O–H groups in total. The van der Waals surface area contributed by atoms with Gasteiger partial charge in [0.2, 0.25) is 6.41 Å². The van der Waals surface area contributed by atoms with E-state index in [0.717, 1.165) is 39.3 Å². The minimum atomic E-state index is 0.0964. The molecule has 2 aliphatic rings. The van der Waals surface area contributed by atoms with Crippen molar-refractivity contribution >= 4 is 6.41 Å². The summed E-state index contributed by atoms with van der Waals surface area (Å²) in [5.74, 6) is 0. The van der Waals surface area contributed by atoms with E-state index in [2.05, 4.69) is 5.32 Å². The van der Waals surface area contributed by atoms with Crippen molar-refractivity contribution in [1.29, 1.82) is 0 Å². The van der Waals surface area contributed by atoms with Crippen molar-refractivity contribution in [2.45, 2.75) is 5.54 Å². The number of carbonyl (C=O) groups excluding carboxylic acids is 1. The Morgan fingerprint density at radius 3 is 2.91 bits per heavy atom. The zero-order chi connectivity index (χ0) is 7.73. The van der Waals surface area contributed by atoms with Crippen molar-refractivity contribution in [1.82, 2.24) is 10.2 Å². The van der Waals surface area contributed by atoms with E-state index in [9.17, 15) is 4.79 Å². The molecule has 4 heteroatoms. The predicted molar refractivity (Wildman–Crippen MR) is 39.2 cm³/mol. The zero-order valence-corrected chi connectivity index (χ0v) is 6.38. The molecule has 2 rings (SSSR count). The molecule has 0 aromatic heterocycles. The molecule has 0 atom stereocenters. The van der Waals surface area contributed by atoms with Crippen molar-refractivity contribution in [2.75, 3.05) is 32.8 Å². The Labute approximate surface area is 65.5 Å². The number of likely N-dealkylation sites (tertiary alicyclic amines) is 1. The summed E-state index contributed by atoms with van der Waals surface area (Å²) in [4.78, 5) is 12.0. The van der Waals surface area contributed by atoms with Gasteiger partial charge in [-0.2, -0.15) is 0 Å². The maximum Gasteiger partial charge on any atom is 0.209 e. The van der Waals surface area contributed by atoms with Gasteiger partial charge in [0.05, 0.1) is 18.8 Å². The Kier molecular flexibility index (Phi) is 1.58. The van der Waals surface area contributed by atoms with Gasteiger partial charge in [0.1, 0.15) is 0 Å². The van der Waals surface area contributed by atoms with Gasteiger partial charge in [0.15, 0.2) is 0 Å². The fourth-order valence-electron chi connectivity index (χ4n) is 1.72. The second-order valence-electron chi connectivity index (χ2n) is 3.27. The normalized spacial score (nSPS) is 28.2. The van der Waals surface area contributed by atoms with Crippen LogP contribution in [0.2, 0.25) is 0 Å². The van der Waals surface area contributed by atoms with E-state index in [1.807, 2.05) is 0 Å². The number of nitrogens with one attached hydrogen (secondary N) is 1. The lowest BCUT2D eigenvalue weighted by molar-refractivity contribution is -0.131. The number of ether oxygens (including phenoxy) is 1. The number of amides is 1. The fourth-order valence-corrected chi connectivity index (χ4v) is 1.72. The average Bonchev–Trinajstić information content (AvgIpc) is 2.01. The highest BCUT2D eigenvalue weighted by atomic mass is 16.5. The lowest BCUT2D eigenvalue weighted by Gasteiger charge is -2.50. The highest BCUT2D eigenvalue weighted by molar-refractivity contribution is 5.50. The number of rotatable bonds is 1. The third-order valence-electron chi connectivity index (χ3n) is 2.29. The van der Waals surface area contributed by atoms with Crippen LogP contribution in [0.25, 0.3) is 0 Å². The van der Waals surface area contributed by atoms with Crippen molar-refractivity contribution < 1.29 is 9.53 Å². The fraction of sp³-hybridized carbons (Fsp3) is 0.857. The SMILES string of the molecule is O=CN1CC2(COCCN2)C1. The van der Waals surface area contributed by atoms with Crippen LogP contribution in [-0.4, -0.2) is 49.7 Å². The standard InChI is InChI=1S/C7H12N2O2/c10-6-9-3-7(4-9)5-11-2-1-8-7/h6,8H,1-5H2. The van der Waals surface area contributed by atoms with Crippen LogP contribution in [0.1, 0.15) is 0 Å². The van der Waals surface area contributed by atoms with Crippen molar-refractivity contribution in [3.8, 4) is 0 Å². The Morgan fingerprint density at radius 2 is 2.36 bits per heavy atom. The van der Waals surface area contributed by atoms with Crippen LogP contribution in [0.15, 0.2) is 0 Å². The molecule has 0 bridgehead atoms. The molecule has 0 aliphatic carbocycles. The Hall–Kier alpha value is -0.610. The summed E-state index contributed by atoms with van der Waals surface area (Å²) in [7, 11) is 0. The molecule has 0 aromatic rings. The van der Waals surface area contributed by atoms with Crippen molar-refractivity contribution in [2.24, 2.45) is 0 Å². The van der Waals surface area contributed by atoms with E-state index in [1.165, 1.54) is 0 Å². The summed E-state index contributed by atoms with van der Waals surface area (Å²) in [6.07, 6.45) is 0.890. The van der Waals surface area contributed by atoms with Crippen LogP contribution in [0.4, 0.5) is 0 Å². The first kappa shape index (κ1) is 7.06. The monoisotopic (exact) mass is 156 g/mol. The van der Waals surface area contributed by atoms with Gasteiger partial charge in [-0.05, 0) is 0 Å². The van der Waals surface area contributed by atoms with Crippen LogP contribution in [0.3, 0.4) is 0 Å². The van der Waals surface area contributed by atoms with Crippen LogP contribution in [0, 0.1) is 0 Å². The lowest BCUT2D eigenvalue weighted by atomic mass is 9.90. The number of carbonyl (C=O) groups is 1. The van der Waals surface area contributed by atoms with Crippen molar-refractivity contribution in [3.63, 3.8) is 0 Å². The summed E-state index contributed by atoms with van der Waals surface area (Å²) in [5, 5.41) is 3.37. The Morgan fingerprint density at radius 1 is 1.55 bits per heavy atom. The number of hydrogen-bond acceptors (Lipinski definition) is 3. The van der Waals surface area contributed by atoms with E-state index < -0.39 is 0 Å². The maximum absolute atomic E-state index is 10.3. The summed E-state index contributed by atoms with van der Waals surface area (Å²) in [6, 6.07) is 0. The number of hydrogen-bond donors (Lipinski definition) is 1. The Balaban J connectivity index is 1.88. The average molecular weight is 156 g/mol. The minimum absolute atomic E-state index is 0.0964. The first-order valence-corrected chi connectivity index (χ1v) is 3.87. The number of morpholine rings is 1. The highest BCUT2D eigenvalue weighted by Gasteiger charge is 2.43. The molecule has 62 valence electrons. The quantitative estimate of drug-likeness (QED) is 0.486. The molecular formula is C7H12N2O2. The molecule has 0 saturated carbocycles. The third-order valence-corrected chi connectivity index (χ3v) is 2.29. The largest absolute Gasteiger partial charge is 0.378 e. The molecule has 1 amide bonds. The van der Waals surface area contributed by atoms with Crippen LogP contribution >= 0.6 is 0 Å². The molecule has 11 heavy (non-hydrogen) atoms. The van der Waals surface area contributed by atoms with Crippen LogP contribution < -0.4 is 5.32 Å². The predicted octanol–water partition coefficient (Wildman–Crippen LogP) is -1.18. The molecule has 2 aliphatic heterocycles. The van der Waals surface area contributed by atoms with E-state index in [-0.39, 0.29) is 5.54 Å². The van der Waals surface area contributed by atoms with Gasteiger partial charge in [-0.25, -0.2) is 0 Å². The van der Waals surface area contributed by atoms with Gasteiger partial charge < -0.3 is 15.0 Å². The maximum atomic E-state index is 10.3. The molecule has 2 heterocycles. The second-order valence-corrected chi connectivity index (χ2v) is 3.27. The molecular weight excluding hydrogens is 144 g/mol. The van der Waals surface area contributed by atoms with Gasteiger partial charge in [-0.3, -0.25) is 4.79 Å². The molecule has 0 radical (unpaired) electrons. The lowest BCUT2D eigenvalue weighted by Crippen LogP contribution is -2.73. The number of nitrogens with zero attached hydrogens (tertiary/aromatic N) is 1. The molecule has 4 nitrogen and oxygen atoms in total. The smallest absolute Gasteiger partial charge is 0.209 e. The third kappa shape index (κ3) is 1.12. The summed E-state index contributed by atoms with van der Waals surface area (Å²) >= 11 is 0. The summed E-state index contributed by atoms with van der Waals surface area (Å²) < 4.78 is 5.31. The first-order chi connectivity index (χ1) is 5.35. The van der Waals surface area contributed by atoms with E-state index >= 15 is 0 Å². The summed E-state index contributed by atoms with van der Waals surface area (Å²) in [5.41, 5.74) is 0.0964. The van der Waals surface area contributed by atoms with E-state index in [4.69, 9.17) is 4.74 Å². The van der Waals surface area contributed by atoms with Crippen LogP contribution in [0.5, 0.6) is 0 Å². The molecule has 1 spiro atoms. The van der Waals surface area contributed by atoms with Gasteiger partial charge in [0.25, 0.3) is 0 Å². The Bertz CT molecular complexity index is 158. The summed E-state index contributed by atoms with van der Waals surface area (Å²) in [6.45, 7) is 4.06.